The van der Waals surface area contributed by atoms with E-state index in [4.69, 9.17) is 16.6 Å². The topological polar surface area (TPSA) is 63.5 Å². The lowest BCUT2D eigenvalue weighted by molar-refractivity contribution is 0.397. The van der Waals surface area contributed by atoms with E-state index in [-0.39, 0.29) is 16.8 Å². The molecule has 3 heterocycles. The Hall–Kier alpha value is -2.21. The molecule has 0 amide bonds. The van der Waals surface area contributed by atoms with Crippen LogP contribution in [0.1, 0.15) is 31.2 Å². The van der Waals surface area contributed by atoms with E-state index in [0.29, 0.717) is 5.76 Å². The number of oxazole rings is 1. The van der Waals surface area contributed by atoms with Crippen LogP contribution in [0.3, 0.4) is 0 Å². The number of aliphatic imine (C=N–C) groups is 1. The van der Waals surface area contributed by atoms with Gasteiger partial charge in [-0.05, 0) is 38.2 Å². The molecular formula is C14H13N3O2S. The zero-order chi connectivity index (χ0) is 14.3. The maximum Gasteiger partial charge on any atom is 0.272 e. The van der Waals surface area contributed by atoms with Crippen molar-refractivity contribution in [2.24, 2.45) is 4.99 Å². The van der Waals surface area contributed by atoms with Gasteiger partial charge in [-0.3, -0.25) is 14.5 Å². The SMILES string of the molecule is CC(C)n1c(O)c(C=C2C=Nc3cnccc32)oc1=S. The first kappa shape index (κ1) is 12.8. The van der Waals surface area contributed by atoms with Gasteiger partial charge in [0.05, 0.1) is 11.9 Å². The van der Waals surface area contributed by atoms with Crippen molar-refractivity contribution < 1.29 is 9.52 Å². The van der Waals surface area contributed by atoms with Crippen LogP contribution in [0.25, 0.3) is 11.6 Å². The minimum Gasteiger partial charge on any atom is -0.492 e. The van der Waals surface area contributed by atoms with Crippen molar-refractivity contribution in [1.82, 2.24) is 9.55 Å². The molecule has 0 fully saturated rings. The van der Waals surface area contributed by atoms with E-state index in [2.05, 4.69) is 9.98 Å². The molecule has 0 radical (unpaired) electrons. The summed E-state index contributed by atoms with van der Waals surface area (Å²) < 4.78 is 7.03. The zero-order valence-corrected chi connectivity index (χ0v) is 11.9. The van der Waals surface area contributed by atoms with Gasteiger partial charge >= 0.3 is 0 Å². The Morgan fingerprint density at radius 3 is 2.95 bits per heavy atom. The van der Waals surface area contributed by atoms with Crippen molar-refractivity contribution in [3.8, 4) is 5.88 Å². The summed E-state index contributed by atoms with van der Waals surface area (Å²) in [6.07, 6.45) is 6.86. The van der Waals surface area contributed by atoms with Gasteiger partial charge in [0, 0.05) is 29.6 Å². The number of rotatable bonds is 2. The first-order chi connectivity index (χ1) is 9.58. The van der Waals surface area contributed by atoms with Gasteiger partial charge in [-0.1, -0.05) is 0 Å². The van der Waals surface area contributed by atoms with E-state index in [0.717, 1.165) is 16.8 Å². The smallest absolute Gasteiger partial charge is 0.272 e. The number of aromatic hydroxyl groups is 1. The van der Waals surface area contributed by atoms with E-state index in [9.17, 15) is 5.11 Å². The number of hydrogen-bond donors (Lipinski definition) is 1. The van der Waals surface area contributed by atoms with E-state index in [1.165, 1.54) is 0 Å². The number of nitrogens with zero attached hydrogens (tertiary/aromatic N) is 3. The molecule has 20 heavy (non-hydrogen) atoms. The molecule has 2 aromatic heterocycles. The highest BCUT2D eigenvalue weighted by Crippen LogP contribution is 2.34. The summed E-state index contributed by atoms with van der Waals surface area (Å²) in [5, 5.41) is 10.2. The summed E-state index contributed by atoms with van der Waals surface area (Å²) in [5.41, 5.74) is 2.62. The maximum atomic E-state index is 10.2. The van der Waals surface area contributed by atoms with Crippen LogP contribution in [-0.4, -0.2) is 20.9 Å². The first-order valence-electron chi connectivity index (χ1n) is 6.22. The maximum absolute atomic E-state index is 10.2. The standard InChI is InChI=1S/C14H13N3O2S/c1-8(2)17-13(18)12(19-14(17)20)5-9-6-16-11-7-15-4-3-10(9)11/h3-8,18H,1-2H3. The average Bonchev–Trinajstić information content (AvgIpc) is 2.93. The van der Waals surface area contributed by atoms with Crippen molar-refractivity contribution in [1.29, 1.82) is 0 Å². The average molecular weight is 287 g/mol. The molecular weight excluding hydrogens is 274 g/mol. The number of aromatic nitrogens is 2. The molecule has 6 heteroatoms. The molecule has 0 bridgehead atoms. The highest BCUT2D eigenvalue weighted by molar-refractivity contribution is 7.71. The molecule has 1 aliphatic rings. The lowest BCUT2D eigenvalue weighted by Crippen LogP contribution is -1.99. The van der Waals surface area contributed by atoms with Gasteiger partial charge in [0.25, 0.3) is 4.84 Å². The minimum absolute atomic E-state index is 0.0344. The summed E-state index contributed by atoms with van der Waals surface area (Å²) in [4.78, 5) is 8.54. The molecule has 0 saturated carbocycles. The normalized spacial score (nSPS) is 15.2. The fraction of sp³-hybridized carbons (Fsp3) is 0.214. The van der Waals surface area contributed by atoms with E-state index in [1.807, 2.05) is 19.9 Å². The molecule has 0 aliphatic carbocycles. The van der Waals surface area contributed by atoms with Gasteiger partial charge in [0.1, 0.15) is 0 Å². The summed E-state index contributed by atoms with van der Waals surface area (Å²) in [6.45, 7) is 3.86. The van der Waals surface area contributed by atoms with Gasteiger partial charge in [-0.15, -0.1) is 0 Å². The molecule has 1 N–H and O–H groups in total. The lowest BCUT2D eigenvalue weighted by atomic mass is 10.1. The highest BCUT2D eigenvalue weighted by Gasteiger charge is 2.17. The second kappa shape index (κ2) is 4.72. The number of hydrogen-bond acceptors (Lipinski definition) is 5. The third-order valence-corrected chi connectivity index (χ3v) is 3.38. The Labute approximate surface area is 120 Å². The second-order valence-electron chi connectivity index (χ2n) is 4.77. The van der Waals surface area contributed by atoms with Crippen molar-refractivity contribution in [3.05, 3.63) is 34.6 Å². The summed E-state index contributed by atoms with van der Waals surface area (Å²) >= 11 is 5.12. The van der Waals surface area contributed by atoms with Crippen molar-refractivity contribution in [2.45, 2.75) is 19.9 Å². The Morgan fingerprint density at radius 2 is 2.25 bits per heavy atom. The molecule has 3 rings (SSSR count). The highest BCUT2D eigenvalue weighted by atomic mass is 32.1. The molecule has 1 aliphatic heterocycles. The first-order valence-corrected chi connectivity index (χ1v) is 6.63. The number of pyridine rings is 1. The van der Waals surface area contributed by atoms with E-state index >= 15 is 0 Å². The van der Waals surface area contributed by atoms with Crippen LogP contribution in [0.2, 0.25) is 0 Å². The Morgan fingerprint density at radius 1 is 1.45 bits per heavy atom. The van der Waals surface area contributed by atoms with Gasteiger partial charge < -0.3 is 9.52 Å². The predicted molar refractivity (Wildman–Crippen MR) is 79.8 cm³/mol. The van der Waals surface area contributed by atoms with E-state index in [1.54, 1.807) is 29.3 Å². The van der Waals surface area contributed by atoms with Gasteiger partial charge in [-0.25, -0.2) is 0 Å². The largest absolute Gasteiger partial charge is 0.492 e. The summed E-state index contributed by atoms with van der Waals surface area (Å²) in [6, 6.07) is 1.91. The predicted octanol–water partition coefficient (Wildman–Crippen LogP) is 3.75. The van der Waals surface area contributed by atoms with Crippen LogP contribution in [-0.2, 0) is 0 Å². The third-order valence-electron chi connectivity index (χ3n) is 3.10. The summed E-state index contributed by atoms with van der Waals surface area (Å²) in [5.74, 6) is 0.378. The molecule has 0 spiro atoms. The van der Waals surface area contributed by atoms with Crippen molar-refractivity contribution in [3.63, 3.8) is 0 Å². The minimum atomic E-state index is 0.0344. The van der Waals surface area contributed by atoms with Gasteiger partial charge in [-0.2, -0.15) is 0 Å². The van der Waals surface area contributed by atoms with Crippen molar-refractivity contribution in [2.75, 3.05) is 0 Å². The number of fused-ring (bicyclic) bond motifs is 1. The van der Waals surface area contributed by atoms with Gasteiger partial charge in [0.15, 0.2) is 5.76 Å². The monoisotopic (exact) mass is 287 g/mol. The van der Waals surface area contributed by atoms with E-state index < -0.39 is 0 Å². The quantitative estimate of drug-likeness (QED) is 0.854. The lowest BCUT2D eigenvalue weighted by Gasteiger charge is -2.05. The molecule has 0 unspecified atom stereocenters. The van der Waals surface area contributed by atoms with Crippen LogP contribution in [0.15, 0.2) is 27.9 Å². The third kappa shape index (κ3) is 1.98. The van der Waals surface area contributed by atoms with Crippen LogP contribution in [0, 0.1) is 4.84 Å². The van der Waals surface area contributed by atoms with Crippen LogP contribution in [0.5, 0.6) is 5.88 Å². The molecule has 2 aromatic rings. The fourth-order valence-corrected chi connectivity index (χ4v) is 2.53. The summed E-state index contributed by atoms with van der Waals surface area (Å²) in [7, 11) is 0. The molecule has 0 atom stereocenters. The molecule has 0 saturated heterocycles. The van der Waals surface area contributed by atoms with Crippen LogP contribution >= 0.6 is 12.2 Å². The van der Waals surface area contributed by atoms with Gasteiger partial charge in [0.2, 0.25) is 5.88 Å². The van der Waals surface area contributed by atoms with Crippen LogP contribution < -0.4 is 0 Å². The number of allylic oxidation sites excluding steroid dienone is 1. The molecule has 102 valence electrons. The fourth-order valence-electron chi connectivity index (χ4n) is 2.14. The Balaban J connectivity index is 2.10. The Bertz CT molecular complexity index is 784. The molecule has 0 aromatic carbocycles. The Kier molecular flexibility index (Phi) is 3.02. The van der Waals surface area contributed by atoms with Crippen LogP contribution in [0.4, 0.5) is 5.69 Å². The molecule has 5 nitrogen and oxygen atoms in total. The second-order valence-corrected chi connectivity index (χ2v) is 5.12. The van der Waals surface area contributed by atoms with Crippen molar-refractivity contribution >= 4 is 35.8 Å². The zero-order valence-electron chi connectivity index (χ0n) is 11.1.